The number of benzene rings is 1. The van der Waals surface area contributed by atoms with Gasteiger partial charge in [0.05, 0.1) is 6.54 Å². The van der Waals surface area contributed by atoms with Crippen LogP contribution in [0.4, 0.5) is 0 Å². The molecule has 0 radical (unpaired) electrons. The Balaban J connectivity index is 2.04. The molecule has 0 aliphatic carbocycles. The standard InChI is InChI=1S/C17H21N3O2S/c1-17(2,3)15(22)18-11-14(21)19-16-20(9-10-23-16)12-13-7-5-4-6-8-13/h4-10H,11-12H2,1-3H3,(H,18,22). The second-order valence-electron chi connectivity index (χ2n) is 6.24. The maximum Gasteiger partial charge on any atom is 0.267 e. The highest BCUT2D eigenvalue weighted by Gasteiger charge is 2.21. The Morgan fingerprint density at radius 1 is 1.22 bits per heavy atom. The molecule has 2 amide bonds. The predicted molar refractivity (Wildman–Crippen MR) is 90.9 cm³/mol. The lowest BCUT2D eigenvalue weighted by Gasteiger charge is -2.16. The fourth-order valence-corrected chi connectivity index (χ4v) is 2.60. The normalized spacial score (nSPS) is 12.2. The van der Waals surface area contributed by atoms with Gasteiger partial charge in [0.15, 0.2) is 4.80 Å². The molecular formula is C17H21N3O2S. The average Bonchev–Trinajstić information content (AvgIpc) is 2.92. The molecule has 0 fully saturated rings. The van der Waals surface area contributed by atoms with Gasteiger partial charge in [0.1, 0.15) is 0 Å². The third kappa shape index (κ3) is 5.17. The summed E-state index contributed by atoms with van der Waals surface area (Å²) in [7, 11) is 0. The SMILES string of the molecule is CC(C)(C)C(=O)NCC(=O)N=c1sccn1Cc1ccccc1. The monoisotopic (exact) mass is 331 g/mol. The number of thiazole rings is 1. The summed E-state index contributed by atoms with van der Waals surface area (Å²) in [6.45, 7) is 5.98. The van der Waals surface area contributed by atoms with E-state index in [2.05, 4.69) is 10.3 Å². The van der Waals surface area contributed by atoms with Crippen molar-refractivity contribution in [2.24, 2.45) is 10.4 Å². The quantitative estimate of drug-likeness (QED) is 0.933. The van der Waals surface area contributed by atoms with Gasteiger partial charge >= 0.3 is 0 Å². The first-order chi connectivity index (χ1) is 10.9. The summed E-state index contributed by atoms with van der Waals surface area (Å²) in [5.41, 5.74) is 0.622. The fourth-order valence-electron chi connectivity index (χ4n) is 1.85. The van der Waals surface area contributed by atoms with Crippen molar-refractivity contribution >= 4 is 23.2 Å². The van der Waals surface area contributed by atoms with Crippen LogP contribution in [-0.4, -0.2) is 22.9 Å². The van der Waals surface area contributed by atoms with Crippen LogP contribution >= 0.6 is 11.3 Å². The van der Waals surface area contributed by atoms with Gasteiger partial charge in [-0.1, -0.05) is 51.1 Å². The Bertz CT molecular complexity index is 739. The minimum atomic E-state index is -0.517. The highest BCUT2D eigenvalue weighted by molar-refractivity contribution is 7.07. The number of rotatable bonds is 4. The molecule has 0 bridgehead atoms. The number of hydrogen-bond acceptors (Lipinski definition) is 3. The van der Waals surface area contributed by atoms with Crippen LogP contribution in [0.2, 0.25) is 0 Å². The van der Waals surface area contributed by atoms with E-state index >= 15 is 0 Å². The van der Waals surface area contributed by atoms with Crippen molar-refractivity contribution in [2.45, 2.75) is 27.3 Å². The number of carbonyl (C=O) groups excluding carboxylic acids is 2. The third-order valence-electron chi connectivity index (χ3n) is 3.16. The molecule has 0 spiro atoms. The number of nitrogens with zero attached hydrogens (tertiary/aromatic N) is 2. The molecule has 1 heterocycles. The van der Waals surface area contributed by atoms with Crippen molar-refractivity contribution in [3.63, 3.8) is 0 Å². The van der Waals surface area contributed by atoms with E-state index in [4.69, 9.17) is 0 Å². The van der Waals surface area contributed by atoms with Crippen molar-refractivity contribution in [3.8, 4) is 0 Å². The summed E-state index contributed by atoms with van der Waals surface area (Å²) in [5.74, 6) is -0.517. The third-order valence-corrected chi connectivity index (χ3v) is 3.95. The van der Waals surface area contributed by atoms with Gasteiger partial charge in [0.25, 0.3) is 5.91 Å². The van der Waals surface area contributed by atoms with E-state index in [0.29, 0.717) is 11.3 Å². The van der Waals surface area contributed by atoms with Gasteiger partial charge in [-0.3, -0.25) is 9.59 Å². The van der Waals surface area contributed by atoms with E-state index in [0.717, 1.165) is 5.56 Å². The van der Waals surface area contributed by atoms with Gasteiger partial charge in [-0.05, 0) is 5.56 Å². The minimum Gasteiger partial charge on any atom is -0.346 e. The van der Waals surface area contributed by atoms with Crippen LogP contribution in [-0.2, 0) is 16.1 Å². The molecule has 122 valence electrons. The Kier molecular flexibility index (Phi) is 5.50. The summed E-state index contributed by atoms with van der Waals surface area (Å²) < 4.78 is 1.92. The van der Waals surface area contributed by atoms with Crippen molar-refractivity contribution < 1.29 is 9.59 Å². The van der Waals surface area contributed by atoms with E-state index < -0.39 is 5.41 Å². The molecule has 0 atom stereocenters. The lowest BCUT2D eigenvalue weighted by Crippen LogP contribution is -2.38. The summed E-state index contributed by atoms with van der Waals surface area (Å²) >= 11 is 1.40. The topological polar surface area (TPSA) is 63.5 Å². The maximum absolute atomic E-state index is 12.0. The number of carbonyl (C=O) groups is 2. The average molecular weight is 331 g/mol. The smallest absolute Gasteiger partial charge is 0.267 e. The van der Waals surface area contributed by atoms with Gasteiger partial charge in [-0.2, -0.15) is 4.99 Å². The van der Waals surface area contributed by atoms with Crippen molar-refractivity contribution in [1.82, 2.24) is 9.88 Å². The molecule has 1 aromatic carbocycles. The van der Waals surface area contributed by atoms with Gasteiger partial charge in [0, 0.05) is 23.5 Å². The van der Waals surface area contributed by atoms with E-state index in [1.54, 1.807) is 20.8 Å². The maximum atomic E-state index is 12.0. The number of aromatic nitrogens is 1. The first-order valence-electron chi connectivity index (χ1n) is 7.40. The Morgan fingerprint density at radius 2 is 1.91 bits per heavy atom. The second kappa shape index (κ2) is 7.37. The summed E-state index contributed by atoms with van der Waals surface area (Å²) in [5, 5.41) is 4.51. The van der Waals surface area contributed by atoms with Crippen LogP contribution in [0.15, 0.2) is 46.9 Å². The van der Waals surface area contributed by atoms with Crippen LogP contribution < -0.4 is 10.1 Å². The Morgan fingerprint density at radius 3 is 2.57 bits per heavy atom. The summed E-state index contributed by atoms with van der Waals surface area (Å²) in [6, 6.07) is 9.98. The molecule has 0 saturated carbocycles. The lowest BCUT2D eigenvalue weighted by atomic mass is 9.96. The predicted octanol–water partition coefficient (Wildman–Crippen LogP) is 2.19. The first-order valence-corrected chi connectivity index (χ1v) is 8.28. The largest absolute Gasteiger partial charge is 0.346 e. The van der Waals surface area contributed by atoms with E-state index in [-0.39, 0.29) is 18.4 Å². The van der Waals surface area contributed by atoms with Gasteiger partial charge < -0.3 is 9.88 Å². The zero-order valence-electron chi connectivity index (χ0n) is 13.6. The first kappa shape index (κ1) is 17.1. The van der Waals surface area contributed by atoms with Crippen LogP contribution in [0.1, 0.15) is 26.3 Å². The molecule has 0 aliphatic heterocycles. The van der Waals surface area contributed by atoms with Gasteiger partial charge in [-0.25, -0.2) is 0 Å². The highest BCUT2D eigenvalue weighted by atomic mass is 32.1. The second-order valence-corrected chi connectivity index (χ2v) is 7.11. The fraction of sp³-hybridized carbons (Fsp3) is 0.353. The molecule has 0 unspecified atom stereocenters. The van der Waals surface area contributed by atoms with Crippen LogP contribution in [0.25, 0.3) is 0 Å². The Hall–Kier alpha value is -2.21. The minimum absolute atomic E-state index is 0.0840. The zero-order chi connectivity index (χ0) is 16.9. The van der Waals surface area contributed by atoms with Gasteiger partial charge in [0.2, 0.25) is 5.91 Å². The number of nitrogens with one attached hydrogen (secondary N) is 1. The molecule has 0 aliphatic rings. The molecule has 1 N–H and O–H groups in total. The van der Waals surface area contributed by atoms with Crippen LogP contribution in [0.3, 0.4) is 0 Å². The molecule has 2 rings (SSSR count). The summed E-state index contributed by atoms with van der Waals surface area (Å²) in [6.07, 6.45) is 1.90. The Labute approximate surface area is 139 Å². The van der Waals surface area contributed by atoms with E-state index in [1.165, 1.54) is 11.3 Å². The lowest BCUT2D eigenvalue weighted by molar-refractivity contribution is -0.130. The van der Waals surface area contributed by atoms with Crippen molar-refractivity contribution in [3.05, 3.63) is 52.3 Å². The molecule has 1 aromatic heterocycles. The zero-order valence-corrected chi connectivity index (χ0v) is 14.4. The molecule has 5 nitrogen and oxygen atoms in total. The molecule has 6 heteroatoms. The van der Waals surface area contributed by atoms with E-state index in [1.807, 2.05) is 46.5 Å². The molecular weight excluding hydrogens is 310 g/mol. The van der Waals surface area contributed by atoms with Crippen molar-refractivity contribution in [2.75, 3.05) is 6.54 Å². The van der Waals surface area contributed by atoms with Crippen LogP contribution in [0.5, 0.6) is 0 Å². The van der Waals surface area contributed by atoms with Crippen molar-refractivity contribution in [1.29, 1.82) is 0 Å². The highest BCUT2D eigenvalue weighted by Crippen LogP contribution is 2.11. The number of hydrogen-bond donors (Lipinski definition) is 1. The molecule has 2 aromatic rings. The van der Waals surface area contributed by atoms with Crippen LogP contribution in [0, 0.1) is 5.41 Å². The number of amides is 2. The molecule has 0 saturated heterocycles. The van der Waals surface area contributed by atoms with Gasteiger partial charge in [-0.15, -0.1) is 11.3 Å². The molecule has 23 heavy (non-hydrogen) atoms. The summed E-state index contributed by atoms with van der Waals surface area (Å²) in [4.78, 5) is 28.5. The van der Waals surface area contributed by atoms with E-state index in [9.17, 15) is 9.59 Å².